The summed E-state index contributed by atoms with van der Waals surface area (Å²) in [6.07, 6.45) is 19.2. The second kappa shape index (κ2) is 19.6. The van der Waals surface area contributed by atoms with E-state index in [1.54, 1.807) is 0 Å². The van der Waals surface area contributed by atoms with Crippen LogP contribution in [0.2, 0.25) is 0 Å². The molecule has 6 nitrogen and oxygen atoms in total. The topological polar surface area (TPSA) is 91.0 Å². The molecule has 1 aliphatic heterocycles. The van der Waals surface area contributed by atoms with E-state index >= 15 is 0 Å². The zero-order chi connectivity index (χ0) is 24.4. The van der Waals surface area contributed by atoms with Crippen molar-refractivity contribution in [2.24, 2.45) is 5.73 Å². The van der Waals surface area contributed by atoms with Crippen LogP contribution in [-0.4, -0.2) is 50.4 Å². The molecule has 1 rings (SSSR count). The lowest BCUT2D eigenvalue weighted by molar-refractivity contribution is 0.0415. The van der Waals surface area contributed by atoms with E-state index in [4.69, 9.17) is 19.5 Å². The Balaban J connectivity index is 1.85. The van der Waals surface area contributed by atoms with Crippen LogP contribution in [-0.2, 0) is 18.3 Å². The van der Waals surface area contributed by atoms with Gasteiger partial charge < -0.3 is 20.1 Å². The Morgan fingerprint density at radius 1 is 0.970 bits per heavy atom. The fraction of sp³-hybridized carbons (Fsp3) is 1.00. The Morgan fingerprint density at radius 3 is 2.00 bits per heavy atom. The molecule has 5 atom stereocenters. The third kappa shape index (κ3) is 17.5. The van der Waals surface area contributed by atoms with E-state index in [0.29, 0.717) is 6.61 Å². The monoisotopic (exact) mass is 507 g/mol. The average molecular weight is 508 g/mol. The maximum Gasteiger partial charge on any atom is 0.386 e. The van der Waals surface area contributed by atoms with Crippen molar-refractivity contribution in [2.45, 2.75) is 140 Å². The van der Waals surface area contributed by atoms with Crippen molar-refractivity contribution in [3.63, 3.8) is 0 Å². The summed E-state index contributed by atoms with van der Waals surface area (Å²) in [5, 5.41) is 10.0. The van der Waals surface area contributed by atoms with Crippen molar-refractivity contribution in [1.82, 2.24) is 0 Å². The zero-order valence-corrected chi connectivity index (χ0v) is 23.1. The number of aliphatic hydroxyl groups excluding tert-OH is 1. The third-order valence-electron chi connectivity index (χ3n) is 6.47. The van der Waals surface area contributed by atoms with E-state index in [0.717, 1.165) is 38.5 Å². The minimum absolute atomic E-state index is 0.0926. The van der Waals surface area contributed by atoms with Gasteiger partial charge in [-0.1, -0.05) is 103 Å². The molecule has 1 saturated heterocycles. The van der Waals surface area contributed by atoms with Gasteiger partial charge >= 0.3 is 6.80 Å². The Hall–Kier alpha value is 0.445. The van der Waals surface area contributed by atoms with Gasteiger partial charge in [0.15, 0.2) is 0 Å². The first-order chi connectivity index (χ1) is 15.8. The number of hydrogen-bond donors (Lipinski definition) is 3. The molecular formula is C24H51BNO5PS. The van der Waals surface area contributed by atoms with Crippen LogP contribution >= 0.6 is 19.0 Å². The largest absolute Gasteiger partial charge is 0.393 e. The van der Waals surface area contributed by atoms with Gasteiger partial charge in [-0.3, -0.25) is 4.52 Å². The van der Waals surface area contributed by atoms with E-state index in [1.807, 2.05) is 7.85 Å². The van der Waals surface area contributed by atoms with Gasteiger partial charge in [0.2, 0.25) is 0 Å². The molecule has 0 aromatic rings. The highest BCUT2D eigenvalue weighted by molar-refractivity contribution is 8.44. The Bertz CT molecular complexity index is 519. The van der Waals surface area contributed by atoms with Gasteiger partial charge in [0.05, 0.1) is 25.4 Å². The molecule has 9 heteroatoms. The Morgan fingerprint density at radius 2 is 1.48 bits per heavy atom. The summed E-state index contributed by atoms with van der Waals surface area (Å²) >= 11 is 4.05. The first kappa shape index (κ1) is 31.5. The maximum absolute atomic E-state index is 12.3. The summed E-state index contributed by atoms with van der Waals surface area (Å²) in [5.74, 6) is 0. The van der Waals surface area contributed by atoms with Crippen LogP contribution < -0.4 is 5.73 Å². The SMILES string of the molecule is B[C@H]1CC(N)[C@@H](COP(=O)(S)OCCCCCCCCCCCC(O)CCCCCCC)O1. The molecule has 0 saturated carbocycles. The number of nitrogens with two attached hydrogens (primary N) is 1. The number of unbranched alkanes of at least 4 members (excludes halogenated alkanes) is 12. The van der Waals surface area contributed by atoms with E-state index in [1.165, 1.54) is 70.6 Å². The highest BCUT2D eigenvalue weighted by Gasteiger charge is 2.32. The summed E-state index contributed by atoms with van der Waals surface area (Å²) in [4.78, 5) is 0. The molecular weight excluding hydrogens is 456 g/mol. The van der Waals surface area contributed by atoms with Crippen LogP contribution in [0.3, 0.4) is 0 Å². The lowest BCUT2D eigenvalue weighted by atomic mass is 9.95. The van der Waals surface area contributed by atoms with Crippen LogP contribution in [0.5, 0.6) is 0 Å². The minimum Gasteiger partial charge on any atom is -0.393 e. The second-order valence-corrected chi connectivity index (χ2v) is 12.7. The standard InChI is InChI=1S/C24H51BNO5PS/c1-2-3-4-10-13-16-21(27)17-14-11-8-6-5-7-9-12-15-18-29-32(28,33)30-20-23-22(26)19-24(25)31-23/h21-24,27H,2-20,25-26H2,1H3,(H,28,33)/t21?,22?,23-,24-,32?/m1/s1. The molecule has 0 radical (unpaired) electrons. The number of rotatable bonds is 22. The molecule has 1 fully saturated rings. The van der Waals surface area contributed by atoms with Gasteiger partial charge in [0, 0.05) is 12.0 Å². The van der Waals surface area contributed by atoms with Crippen molar-refractivity contribution in [2.75, 3.05) is 13.2 Å². The molecule has 196 valence electrons. The predicted molar refractivity (Wildman–Crippen MR) is 144 cm³/mol. The van der Waals surface area contributed by atoms with Crippen LogP contribution in [0.4, 0.5) is 0 Å². The fourth-order valence-corrected chi connectivity index (χ4v) is 5.60. The van der Waals surface area contributed by atoms with Gasteiger partial charge in [-0.2, -0.15) is 0 Å². The normalized spacial score (nSPS) is 23.6. The van der Waals surface area contributed by atoms with Gasteiger partial charge in [0.25, 0.3) is 0 Å². The molecule has 0 aromatic carbocycles. The lowest BCUT2D eigenvalue weighted by Crippen LogP contribution is -2.33. The fourth-order valence-electron chi connectivity index (χ4n) is 4.38. The highest BCUT2D eigenvalue weighted by atomic mass is 32.7. The van der Waals surface area contributed by atoms with E-state index in [-0.39, 0.29) is 30.9 Å². The lowest BCUT2D eigenvalue weighted by Gasteiger charge is -2.18. The molecule has 1 aliphatic rings. The van der Waals surface area contributed by atoms with Gasteiger partial charge in [-0.25, -0.2) is 4.57 Å². The molecule has 0 aliphatic carbocycles. The summed E-state index contributed by atoms with van der Waals surface area (Å²) in [5.41, 5.74) is 5.98. The second-order valence-electron chi connectivity index (χ2n) is 9.81. The van der Waals surface area contributed by atoms with Gasteiger partial charge in [-0.15, -0.1) is 0 Å². The molecule has 1 heterocycles. The highest BCUT2D eigenvalue weighted by Crippen LogP contribution is 2.53. The number of aliphatic hydroxyl groups is 1. The van der Waals surface area contributed by atoms with E-state index in [9.17, 15) is 9.67 Å². The van der Waals surface area contributed by atoms with Crippen LogP contribution in [0.25, 0.3) is 0 Å². The molecule has 0 aromatic heterocycles. The molecule has 3 N–H and O–H groups in total. The van der Waals surface area contributed by atoms with Crippen molar-refractivity contribution in [1.29, 1.82) is 0 Å². The number of ether oxygens (including phenoxy) is 1. The number of hydrogen-bond acceptors (Lipinski definition) is 6. The summed E-state index contributed by atoms with van der Waals surface area (Å²) in [6.45, 7) is -0.558. The summed E-state index contributed by atoms with van der Waals surface area (Å²) in [7, 11) is 1.97. The van der Waals surface area contributed by atoms with Crippen LogP contribution in [0.1, 0.15) is 116 Å². The zero-order valence-electron chi connectivity index (χ0n) is 21.3. The van der Waals surface area contributed by atoms with Gasteiger partial charge in [0.1, 0.15) is 7.85 Å². The first-order valence-corrected chi connectivity index (χ1v) is 16.2. The summed E-state index contributed by atoms with van der Waals surface area (Å²) < 4.78 is 28.6. The summed E-state index contributed by atoms with van der Waals surface area (Å²) in [6, 6.07) is 0.0154. The third-order valence-corrected chi connectivity index (χ3v) is 8.14. The number of thiol groups is 1. The van der Waals surface area contributed by atoms with Crippen LogP contribution in [0.15, 0.2) is 0 Å². The van der Waals surface area contributed by atoms with Crippen molar-refractivity contribution in [3.8, 4) is 0 Å². The predicted octanol–water partition coefficient (Wildman–Crippen LogP) is 5.76. The molecule has 0 spiro atoms. The Labute approximate surface area is 209 Å². The molecule has 33 heavy (non-hydrogen) atoms. The smallest absolute Gasteiger partial charge is 0.386 e. The van der Waals surface area contributed by atoms with Crippen LogP contribution in [0, 0.1) is 0 Å². The van der Waals surface area contributed by atoms with Crippen molar-refractivity contribution in [3.05, 3.63) is 0 Å². The van der Waals surface area contributed by atoms with Crippen molar-refractivity contribution < 1.29 is 23.5 Å². The van der Waals surface area contributed by atoms with Crippen molar-refractivity contribution >= 4 is 26.9 Å². The molecule has 0 amide bonds. The van der Waals surface area contributed by atoms with E-state index < -0.39 is 6.80 Å². The minimum atomic E-state index is -3.35. The van der Waals surface area contributed by atoms with E-state index in [2.05, 4.69) is 19.2 Å². The Kier molecular flexibility index (Phi) is 18.7. The maximum atomic E-state index is 12.3. The first-order valence-electron chi connectivity index (χ1n) is 13.5. The quantitative estimate of drug-likeness (QED) is 0.0748. The molecule has 3 unspecified atom stereocenters. The van der Waals surface area contributed by atoms with Gasteiger partial charge in [-0.05, 0) is 25.7 Å². The average Bonchev–Trinajstić information content (AvgIpc) is 3.10. The molecule has 0 bridgehead atoms.